The summed E-state index contributed by atoms with van der Waals surface area (Å²) in [5, 5.41) is 9.78. The smallest absolute Gasteiger partial charge is 0.229 e. The number of likely N-dealkylation sites (tertiary alicyclic amines) is 1. The van der Waals surface area contributed by atoms with Crippen molar-refractivity contribution in [3.05, 3.63) is 53.3 Å². The van der Waals surface area contributed by atoms with Crippen LogP contribution in [0.15, 0.2) is 36.4 Å². The highest BCUT2D eigenvalue weighted by Gasteiger charge is 2.30. The molecule has 1 heterocycles. The fraction of sp³-hybridized carbons (Fsp3) is 0.458. The van der Waals surface area contributed by atoms with Crippen LogP contribution in [0.2, 0.25) is 0 Å². The van der Waals surface area contributed by atoms with Gasteiger partial charge in [-0.05, 0) is 55.2 Å². The van der Waals surface area contributed by atoms with Crippen LogP contribution >= 0.6 is 0 Å². The number of hydrogen-bond acceptors (Lipinski definition) is 4. The first-order valence-electron chi connectivity index (χ1n) is 10.5. The molecule has 1 amide bonds. The Labute approximate surface area is 178 Å². The van der Waals surface area contributed by atoms with Gasteiger partial charge in [-0.2, -0.15) is 0 Å². The molecule has 3 rings (SSSR count). The zero-order valence-corrected chi connectivity index (χ0v) is 18.2. The summed E-state index contributed by atoms with van der Waals surface area (Å²) in [6, 6.07) is 10.5. The molecule has 1 aliphatic rings. The number of rotatable bonds is 6. The maximum absolute atomic E-state index is 14.2. The molecule has 6 heteroatoms. The first-order chi connectivity index (χ1) is 14.3. The van der Waals surface area contributed by atoms with Crippen molar-refractivity contribution in [2.24, 2.45) is 5.92 Å². The van der Waals surface area contributed by atoms with Crippen LogP contribution in [0.5, 0.6) is 11.5 Å². The lowest BCUT2D eigenvalue weighted by atomic mass is 9.99. The molecule has 0 aromatic heterocycles. The summed E-state index contributed by atoms with van der Waals surface area (Å²) in [5.41, 5.74) is 2.28. The van der Waals surface area contributed by atoms with Gasteiger partial charge in [-0.3, -0.25) is 9.69 Å². The molecule has 2 aromatic rings. The number of carbonyl (C=O) groups excluding carboxylic acids is 1. The molecule has 0 aliphatic carbocycles. The molecule has 162 valence electrons. The van der Waals surface area contributed by atoms with E-state index in [2.05, 4.69) is 4.90 Å². The summed E-state index contributed by atoms with van der Waals surface area (Å²) < 4.78 is 19.4. The quantitative estimate of drug-likeness (QED) is 0.756. The number of phenolic OH excluding ortho intramolecular Hbond substituents is 1. The normalized spacial score (nSPS) is 15.4. The summed E-state index contributed by atoms with van der Waals surface area (Å²) >= 11 is 0. The minimum absolute atomic E-state index is 0.0278. The maximum Gasteiger partial charge on any atom is 0.229 e. The van der Waals surface area contributed by atoms with Crippen molar-refractivity contribution < 1.29 is 19.0 Å². The Kier molecular flexibility index (Phi) is 6.98. The number of ether oxygens (including phenoxy) is 1. The van der Waals surface area contributed by atoms with E-state index in [1.165, 1.54) is 6.07 Å². The molecule has 0 spiro atoms. The largest absolute Gasteiger partial charge is 0.504 e. The van der Waals surface area contributed by atoms with E-state index in [4.69, 9.17) is 4.74 Å². The summed E-state index contributed by atoms with van der Waals surface area (Å²) in [5.74, 6) is 0.190. The SMILES string of the molecule is COc1cc(CN2CCC(N(C(=O)C(C)C)c3ccc(C)c(F)c3)CC2)ccc1O. The van der Waals surface area contributed by atoms with Crippen molar-refractivity contribution in [3.8, 4) is 11.5 Å². The van der Waals surface area contributed by atoms with Crippen molar-refractivity contribution in [1.82, 2.24) is 4.90 Å². The highest BCUT2D eigenvalue weighted by Crippen LogP contribution is 2.30. The molecule has 30 heavy (non-hydrogen) atoms. The van der Waals surface area contributed by atoms with Crippen LogP contribution in [-0.4, -0.2) is 42.2 Å². The number of aromatic hydroxyl groups is 1. The molecular weight excluding hydrogens is 383 g/mol. The van der Waals surface area contributed by atoms with Crippen LogP contribution in [0, 0.1) is 18.7 Å². The molecule has 2 aromatic carbocycles. The second-order valence-corrected chi connectivity index (χ2v) is 8.31. The first kappa shape index (κ1) is 22.1. The van der Waals surface area contributed by atoms with Crippen LogP contribution < -0.4 is 9.64 Å². The monoisotopic (exact) mass is 414 g/mol. The minimum Gasteiger partial charge on any atom is -0.504 e. The van der Waals surface area contributed by atoms with E-state index in [1.54, 1.807) is 31.1 Å². The number of phenols is 1. The zero-order chi connectivity index (χ0) is 21.8. The molecule has 0 unspecified atom stereocenters. The van der Waals surface area contributed by atoms with Gasteiger partial charge in [0, 0.05) is 37.3 Å². The number of anilines is 1. The number of carbonyl (C=O) groups is 1. The maximum atomic E-state index is 14.2. The Balaban J connectivity index is 1.71. The van der Waals surface area contributed by atoms with Gasteiger partial charge < -0.3 is 14.7 Å². The highest BCUT2D eigenvalue weighted by atomic mass is 19.1. The van der Waals surface area contributed by atoms with E-state index >= 15 is 0 Å². The van der Waals surface area contributed by atoms with E-state index in [-0.39, 0.29) is 29.4 Å². The second-order valence-electron chi connectivity index (χ2n) is 8.31. The Hall–Kier alpha value is -2.60. The van der Waals surface area contributed by atoms with Gasteiger partial charge >= 0.3 is 0 Å². The average molecular weight is 415 g/mol. The zero-order valence-electron chi connectivity index (χ0n) is 18.2. The number of halogens is 1. The molecular formula is C24H31FN2O3. The van der Waals surface area contributed by atoms with Gasteiger partial charge in [-0.15, -0.1) is 0 Å². The fourth-order valence-electron chi connectivity index (χ4n) is 3.94. The number of hydrogen-bond donors (Lipinski definition) is 1. The van der Waals surface area contributed by atoms with Crippen LogP contribution in [0.25, 0.3) is 0 Å². The van der Waals surface area contributed by atoms with E-state index in [0.717, 1.165) is 38.0 Å². The third-order valence-electron chi connectivity index (χ3n) is 5.74. The summed E-state index contributed by atoms with van der Waals surface area (Å²) in [6.07, 6.45) is 1.65. The number of aryl methyl sites for hydroxylation is 1. The van der Waals surface area contributed by atoms with E-state index in [0.29, 0.717) is 17.0 Å². The van der Waals surface area contributed by atoms with Crippen LogP contribution in [0.4, 0.5) is 10.1 Å². The van der Waals surface area contributed by atoms with E-state index in [1.807, 2.05) is 32.0 Å². The third kappa shape index (κ3) is 4.93. The van der Waals surface area contributed by atoms with Crippen LogP contribution in [-0.2, 0) is 11.3 Å². The molecule has 1 saturated heterocycles. The number of nitrogens with zero attached hydrogens (tertiary/aromatic N) is 2. The predicted molar refractivity (Wildman–Crippen MR) is 116 cm³/mol. The van der Waals surface area contributed by atoms with E-state index < -0.39 is 0 Å². The molecule has 1 fully saturated rings. The van der Waals surface area contributed by atoms with Crippen LogP contribution in [0.3, 0.4) is 0 Å². The van der Waals surface area contributed by atoms with Crippen LogP contribution in [0.1, 0.15) is 37.8 Å². The fourth-order valence-corrected chi connectivity index (χ4v) is 3.94. The van der Waals surface area contributed by atoms with Gasteiger partial charge in [0.15, 0.2) is 11.5 Å². The summed E-state index contributed by atoms with van der Waals surface area (Å²) in [6.45, 7) is 7.92. The average Bonchev–Trinajstić information content (AvgIpc) is 2.73. The lowest BCUT2D eigenvalue weighted by Crippen LogP contribution is -2.48. The van der Waals surface area contributed by atoms with Crippen molar-refractivity contribution in [1.29, 1.82) is 0 Å². The molecule has 1 aliphatic heterocycles. The Morgan fingerprint density at radius 1 is 1.23 bits per heavy atom. The van der Waals surface area contributed by atoms with Gasteiger partial charge in [0.25, 0.3) is 0 Å². The van der Waals surface area contributed by atoms with Gasteiger partial charge in [0.05, 0.1) is 7.11 Å². The minimum atomic E-state index is -0.284. The number of benzene rings is 2. The number of methoxy groups -OCH3 is 1. The van der Waals surface area contributed by atoms with Crippen molar-refractivity contribution >= 4 is 11.6 Å². The van der Waals surface area contributed by atoms with Gasteiger partial charge in [-0.1, -0.05) is 26.0 Å². The second kappa shape index (κ2) is 9.47. The Morgan fingerprint density at radius 3 is 2.53 bits per heavy atom. The van der Waals surface area contributed by atoms with Crippen molar-refractivity contribution in [2.45, 2.75) is 46.2 Å². The Morgan fingerprint density at radius 2 is 1.93 bits per heavy atom. The van der Waals surface area contributed by atoms with E-state index in [9.17, 15) is 14.3 Å². The summed E-state index contributed by atoms with van der Waals surface area (Å²) in [4.78, 5) is 17.1. The first-order valence-corrected chi connectivity index (χ1v) is 10.5. The molecule has 1 N–H and O–H groups in total. The Bertz CT molecular complexity index is 892. The molecule has 0 radical (unpaired) electrons. The van der Waals surface area contributed by atoms with Crippen molar-refractivity contribution in [3.63, 3.8) is 0 Å². The third-order valence-corrected chi connectivity index (χ3v) is 5.74. The standard InChI is InChI=1S/C24H31FN2O3/c1-16(2)24(29)27(20-7-5-17(3)21(25)14-20)19-9-11-26(12-10-19)15-18-6-8-22(28)23(13-18)30-4/h5-8,13-14,16,19,28H,9-12,15H2,1-4H3. The van der Waals surface area contributed by atoms with Crippen molar-refractivity contribution in [2.75, 3.05) is 25.1 Å². The number of piperidine rings is 1. The molecule has 0 bridgehead atoms. The topological polar surface area (TPSA) is 53.0 Å². The summed E-state index contributed by atoms with van der Waals surface area (Å²) in [7, 11) is 1.54. The molecule has 0 saturated carbocycles. The van der Waals surface area contributed by atoms with Gasteiger partial charge in [-0.25, -0.2) is 4.39 Å². The predicted octanol–water partition coefficient (Wildman–Crippen LogP) is 4.50. The molecule has 5 nitrogen and oxygen atoms in total. The lowest BCUT2D eigenvalue weighted by molar-refractivity contribution is -0.122. The molecule has 0 atom stereocenters. The number of amides is 1. The lowest BCUT2D eigenvalue weighted by Gasteiger charge is -2.39. The van der Waals surface area contributed by atoms with Gasteiger partial charge in [0.1, 0.15) is 5.82 Å². The van der Waals surface area contributed by atoms with Gasteiger partial charge in [0.2, 0.25) is 5.91 Å². The highest BCUT2D eigenvalue weighted by molar-refractivity contribution is 5.95.